The monoisotopic (exact) mass is 513 g/mol. The van der Waals surface area contributed by atoms with Gasteiger partial charge in [-0.1, -0.05) is 26.8 Å². The Morgan fingerprint density at radius 2 is 1.56 bits per heavy atom. The van der Waals surface area contributed by atoms with Crippen LogP contribution in [0.15, 0.2) is 24.3 Å². The van der Waals surface area contributed by atoms with Crippen LogP contribution in [-0.4, -0.2) is 23.9 Å². The molecule has 1 saturated heterocycles. The van der Waals surface area contributed by atoms with E-state index in [-0.39, 0.29) is 34.9 Å². The Bertz CT molecular complexity index is 1070. The summed E-state index contributed by atoms with van der Waals surface area (Å²) in [4.78, 5) is 14.4. The van der Waals surface area contributed by atoms with Gasteiger partial charge in [0.25, 0.3) is 0 Å². The van der Waals surface area contributed by atoms with Gasteiger partial charge in [-0.3, -0.25) is 4.79 Å². The number of carbonyl (C=O) groups excluding carboxylic acids is 1. The topological polar surface area (TPSA) is 20.3 Å². The van der Waals surface area contributed by atoms with Crippen molar-refractivity contribution in [3.63, 3.8) is 0 Å². The maximum absolute atomic E-state index is 13.6. The molecule has 3 aliphatic carbocycles. The van der Waals surface area contributed by atoms with Crippen LogP contribution in [0.4, 0.5) is 26.3 Å². The molecule has 0 bridgehead atoms. The lowest BCUT2D eigenvalue weighted by Crippen LogP contribution is -2.63. The molecule has 1 aromatic rings. The maximum Gasteiger partial charge on any atom is 0.416 e. The van der Waals surface area contributed by atoms with Gasteiger partial charge in [0, 0.05) is 19.5 Å². The van der Waals surface area contributed by atoms with Crippen LogP contribution in [0.2, 0.25) is 0 Å². The SMILES string of the molecule is CC1CC2N(C)C(=O)CC[C@]2(C)[C@@H]2CC[C@]3(C)C(c4cc(C(F)(F)F)cc(C(F)(F)F)c4)=CC[C@H]3[C@H]12. The Kier molecular flexibility index (Phi) is 5.70. The number of hydrogen-bond donors (Lipinski definition) is 0. The van der Waals surface area contributed by atoms with Gasteiger partial charge in [-0.25, -0.2) is 0 Å². The number of allylic oxidation sites excluding steroid dienone is 2. The van der Waals surface area contributed by atoms with Crippen molar-refractivity contribution in [1.29, 1.82) is 0 Å². The Morgan fingerprint density at radius 3 is 2.14 bits per heavy atom. The molecule has 3 fully saturated rings. The molecule has 8 heteroatoms. The summed E-state index contributed by atoms with van der Waals surface area (Å²) >= 11 is 0. The second-order valence-electron chi connectivity index (χ2n) is 12.1. The van der Waals surface area contributed by atoms with Gasteiger partial charge in [-0.2, -0.15) is 26.3 Å². The molecule has 0 aromatic heterocycles. The normalized spacial score (nSPS) is 38.8. The van der Waals surface area contributed by atoms with Crippen molar-refractivity contribution < 1.29 is 31.1 Å². The largest absolute Gasteiger partial charge is 0.416 e. The number of carbonyl (C=O) groups is 1. The van der Waals surface area contributed by atoms with Gasteiger partial charge >= 0.3 is 12.4 Å². The van der Waals surface area contributed by atoms with Crippen LogP contribution in [0.5, 0.6) is 0 Å². The molecule has 0 N–H and O–H groups in total. The summed E-state index contributed by atoms with van der Waals surface area (Å²) in [7, 11) is 1.89. The fraction of sp³-hybridized carbons (Fsp3) is 0.679. The minimum Gasteiger partial charge on any atom is -0.342 e. The highest BCUT2D eigenvalue weighted by Gasteiger charge is 2.61. The van der Waals surface area contributed by atoms with E-state index in [1.807, 2.05) is 24.9 Å². The molecule has 4 aliphatic rings. The molecule has 1 aliphatic heterocycles. The summed E-state index contributed by atoms with van der Waals surface area (Å²) in [6.45, 7) is 6.54. The van der Waals surface area contributed by atoms with E-state index in [2.05, 4.69) is 13.8 Å². The summed E-state index contributed by atoms with van der Waals surface area (Å²) in [5.41, 5.74) is -2.37. The Balaban J connectivity index is 1.52. The summed E-state index contributed by atoms with van der Waals surface area (Å²) in [5.74, 6) is 1.34. The van der Waals surface area contributed by atoms with Gasteiger partial charge in [0.2, 0.25) is 5.91 Å². The third-order valence-corrected chi connectivity index (χ3v) is 10.4. The molecule has 198 valence electrons. The molecular weight excluding hydrogens is 480 g/mol. The van der Waals surface area contributed by atoms with Crippen molar-refractivity contribution in [2.24, 2.45) is 34.5 Å². The van der Waals surface area contributed by atoms with Gasteiger partial charge in [-0.15, -0.1) is 0 Å². The van der Waals surface area contributed by atoms with Crippen LogP contribution in [0, 0.1) is 34.5 Å². The smallest absolute Gasteiger partial charge is 0.342 e. The molecule has 5 rings (SSSR count). The van der Waals surface area contributed by atoms with E-state index in [4.69, 9.17) is 0 Å². The first-order valence-corrected chi connectivity index (χ1v) is 12.8. The van der Waals surface area contributed by atoms with Gasteiger partial charge in [0.1, 0.15) is 0 Å². The molecule has 36 heavy (non-hydrogen) atoms. The molecule has 1 heterocycles. The summed E-state index contributed by atoms with van der Waals surface area (Å²) in [6, 6.07) is 2.17. The number of hydrogen-bond acceptors (Lipinski definition) is 1. The second kappa shape index (κ2) is 8.00. The van der Waals surface area contributed by atoms with Crippen molar-refractivity contribution in [2.45, 2.75) is 77.7 Å². The van der Waals surface area contributed by atoms with Crippen LogP contribution in [0.1, 0.15) is 76.0 Å². The summed E-state index contributed by atoms with van der Waals surface area (Å²) in [5, 5.41) is 0. The standard InChI is InChI=1S/C28H33F6NO/c1-15-11-22-26(3,10-8-23(36)35(22)4)21-7-9-25(2)19(5-6-20(25)24(15)21)16-12-17(27(29,30)31)14-18(13-16)28(32,33)34/h5,12-15,20-22,24H,6-11H2,1-4H3/t15?,20-,21+,22?,24-,25+,26+/m0/s1. The van der Waals surface area contributed by atoms with E-state index in [9.17, 15) is 31.1 Å². The summed E-state index contributed by atoms with van der Waals surface area (Å²) < 4.78 is 81.4. The molecular formula is C28H33F6NO. The fourth-order valence-corrected chi connectivity index (χ4v) is 8.59. The van der Waals surface area contributed by atoms with E-state index in [0.29, 0.717) is 36.2 Å². The molecule has 2 nitrogen and oxygen atoms in total. The average Bonchev–Trinajstić information content (AvgIpc) is 3.14. The molecule has 2 unspecified atom stereocenters. The number of fused-ring (bicyclic) bond motifs is 5. The third kappa shape index (κ3) is 3.72. The van der Waals surface area contributed by atoms with Crippen LogP contribution in [0.3, 0.4) is 0 Å². The van der Waals surface area contributed by atoms with Gasteiger partial charge < -0.3 is 4.90 Å². The second-order valence-corrected chi connectivity index (χ2v) is 12.1. The number of likely N-dealkylation sites (tertiary alicyclic amines) is 1. The minimum atomic E-state index is -4.86. The number of piperidine rings is 1. The van der Waals surface area contributed by atoms with Crippen molar-refractivity contribution in [1.82, 2.24) is 4.90 Å². The van der Waals surface area contributed by atoms with Gasteiger partial charge in [0.05, 0.1) is 11.1 Å². The lowest BCUT2D eigenvalue weighted by molar-refractivity contribution is -0.162. The zero-order valence-electron chi connectivity index (χ0n) is 21.1. The van der Waals surface area contributed by atoms with E-state index in [0.717, 1.165) is 37.8 Å². The van der Waals surface area contributed by atoms with Crippen molar-refractivity contribution in [2.75, 3.05) is 7.05 Å². The van der Waals surface area contributed by atoms with Crippen LogP contribution in [0.25, 0.3) is 5.57 Å². The van der Waals surface area contributed by atoms with Crippen LogP contribution < -0.4 is 0 Å². The van der Waals surface area contributed by atoms with Crippen LogP contribution in [-0.2, 0) is 17.1 Å². The van der Waals surface area contributed by atoms with E-state index in [1.54, 1.807) is 0 Å². The zero-order valence-corrected chi connectivity index (χ0v) is 21.1. The van der Waals surface area contributed by atoms with E-state index >= 15 is 0 Å². The number of alkyl halides is 6. The van der Waals surface area contributed by atoms with Gasteiger partial charge in [0.15, 0.2) is 0 Å². The first-order chi connectivity index (χ1) is 16.6. The van der Waals surface area contributed by atoms with Crippen molar-refractivity contribution in [3.8, 4) is 0 Å². The lowest BCUT2D eigenvalue weighted by Gasteiger charge is -2.63. The molecule has 7 atom stereocenters. The first kappa shape index (κ1) is 25.7. The number of benzene rings is 1. The van der Waals surface area contributed by atoms with Crippen molar-refractivity contribution in [3.05, 3.63) is 41.0 Å². The fourth-order valence-electron chi connectivity index (χ4n) is 8.59. The summed E-state index contributed by atoms with van der Waals surface area (Å²) in [6.07, 6.45) is -3.35. The first-order valence-electron chi connectivity index (χ1n) is 12.8. The van der Waals surface area contributed by atoms with E-state index in [1.165, 1.54) is 0 Å². The molecule has 1 aromatic carbocycles. The van der Waals surface area contributed by atoms with Crippen molar-refractivity contribution >= 4 is 11.5 Å². The lowest BCUT2D eigenvalue weighted by atomic mass is 9.44. The number of rotatable bonds is 1. The zero-order chi connectivity index (χ0) is 26.4. The Hall–Kier alpha value is -1.99. The number of nitrogens with zero attached hydrogens (tertiary/aromatic N) is 1. The third-order valence-electron chi connectivity index (χ3n) is 10.4. The average molecular weight is 514 g/mol. The predicted octanol–water partition coefficient (Wildman–Crippen LogP) is 7.83. The molecule has 0 radical (unpaired) electrons. The minimum absolute atomic E-state index is 0.0242. The predicted molar refractivity (Wildman–Crippen MR) is 125 cm³/mol. The quantitative estimate of drug-likeness (QED) is 0.351. The molecule has 2 saturated carbocycles. The highest BCUT2D eigenvalue weighted by molar-refractivity contribution is 5.77. The number of halogens is 6. The molecule has 0 spiro atoms. The van der Waals surface area contributed by atoms with E-state index < -0.39 is 28.9 Å². The Morgan fingerprint density at radius 1 is 0.944 bits per heavy atom. The highest BCUT2D eigenvalue weighted by Crippen LogP contribution is 2.67. The Labute approximate surface area is 208 Å². The maximum atomic E-state index is 13.6. The highest BCUT2D eigenvalue weighted by atomic mass is 19.4. The van der Waals surface area contributed by atoms with Crippen LogP contribution >= 0.6 is 0 Å². The number of amides is 1. The van der Waals surface area contributed by atoms with Gasteiger partial charge in [-0.05, 0) is 95.9 Å². The molecule has 1 amide bonds.